The minimum Gasteiger partial charge on any atom is -0.459 e. The molecule has 1 aliphatic carbocycles. The SMILES string of the molecule is CNCC(C(=O)OC(C)(C)C)c1ccc([C@H]2CC[C@H](N(C)S(=O)(=O)CC=Cc3ccc(Cl)cc3)CC2)cc1. The van der Waals surface area contributed by atoms with E-state index in [4.69, 9.17) is 16.3 Å². The molecule has 6 nitrogen and oxygen atoms in total. The van der Waals surface area contributed by atoms with Crippen LogP contribution in [0, 0.1) is 0 Å². The molecule has 8 heteroatoms. The van der Waals surface area contributed by atoms with E-state index in [9.17, 15) is 13.2 Å². The van der Waals surface area contributed by atoms with Gasteiger partial charge >= 0.3 is 5.97 Å². The van der Waals surface area contributed by atoms with Gasteiger partial charge in [-0.15, -0.1) is 0 Å². The quantitative estimate of drug-likeness (QED) is 0.361. The Balaban J connectivity index is 1.56. The first-order chi connectivity index (χ1) is 17.9. The van der Waals surface area contributed by atoms with Gasteiger partial charge in [0.15, 0.2) is 0 Å². The molecular weight excluding hydrogens is 520 g/mol. The normalized spacial score (nSPS) is 19.6. The molecule has 1 saturated carbocycles. The summed E-state index contributed by atoms with van der Waals surface area (Å²) < 4.78 is 33.0. The van der Waals surface area contributed by atoms with Crippen LogP contribution in [0.15, 0.2) is 54.6 Å². The smallest absolute Gasteiger partial charge is 0.315 e. The van der Waals surface area contributed by atoms with Crippen molar-refractivity contribution in [1.82, 2.24) is 9.62 Å². The lowest BCUT2D eigenvalue weighted by molar-refractivity contribution is -0.156. The van der Waals surface area contributed by atoms with Crippen molar-refractivity contribution in [1.29, 1.82) is 0 Å². The summed E-state index contributed by atoms with van der Waals surface area (Å²) in [5.41, 5.74) is 2.55. The summed E-state index contributed by atoms with van der Waals surface area (Å²) in [6.45, 7) is 6.14. The Bertz CT molecular complexity index is 1180. The summed E-state index contributed by atoms with van der Waals surface area (Å²) in [5, 5.41) is 3.75. The van der Waals surface area contributed by atoms with Crippen molar-refractivity contribution in [3.05, 3.63) is 76.3 Å². The number of hydrogen-bond donors (Lipinski definition) is 1. The molecule has 2 aromatic rings. The largest absolute Gasteiger partial charge is 0.459 e. The van der Waals surface area contributed by atoms with E-state index in [1.807, 2.05) is 58.2 Å². The highest BCUT2D eigenvalue weighted by molar-refractivity contribution is 7.89. The average Bonchev–Trinajstić information content (AvgIpc) is 2.87. The van der Waals surface area contributed by atoms with Crippen LogP contribution in [-0.4, -0.2) is 56.7 Å². The van der Waals surface area contributed by atoms with Crippen LogP contribution in [0.4, 0.5) is 0 Å². The van der Waals surface area contributed by atoms with Crippen molar-refractivity contribution in [3.8, 4) is 0 Å². The molecular formula is C30H41ClN2O4S. The van der Waals surface area contributed by atoms with Crippen LogP contribution in [-0.2, 0) is 19.6 Å². The summed E-state index contributed by atoms with van der Waals surface area (Å²) >= 11 is 5.91. The lowest BCUT2D eigenvalue weighted by Gasteiger charge is -2.34. The zero-order chi connectivity index (χ0) is 27.9. The fourth-order valence-corrected chi connectivity index (χ4v) is 6.28. The molecule has 0 amide bonds. The number of halogens is 1. The second-order valence-corrected chi connectivity index (χ2v) is 13.6. The van der Waals surface area contributed by atoms with Gasteiger partial charge in [-0.2, -0.15) is 0 Å². The van der Waals surface area contributed by atoms with Crippen LogP contribution in [0.2, 0.25) is 5.02 Å². The van der Waals surface area contributed by atoms with Crippen molar-refractivity contribution in [2.24, 2.45) is 0 Å². The lowest BCUT2D eigenvalue weighted by Crippen LogP contribution is -2.40. The predicted molar refractivity (Wildman–Crippen MR) is 156 cm³/mol. The Kier molecular flexibility index (Phi) is 10.6. The van der Waals surface area contributed by atoms with Gasteiger partial charge in [0.1, 0.15) is 5.60 Å². The summed E-state index contributed by atoms with van der Waals surface area (Å²) in [7, 11) is 0.137. The van der Waals surface area contributed by atoms with Gasteiger partial charge in [0, 0.05) is 24.7 Å². The monoisotopic (exact) mass is 560 g/mol. The summed E-state index contributed by atoms with van der Waals surface area (Å²) in [6.07, 6.45) is 7.01. The number of rotatable bonds is 10. The van der Waals surface area contributed by atoms with Crippen LogP contribution in [0.3, 0.4) is 0 Å². The van der Waals surface area contributed by atoms with Gasteiger partial charge in [0.2, 0.25) is 10.0 Å². The topological polar surface area (TPSA) is 75.7 Å². The molecule has 2 aromatic carbocycles. The Morgan fingerprint density at radius 3 is 2.24 bits per heavy atom. The van der Waals surface area contributed by atoms with E-state index in [2.05, 4.69) is 17.4 Å². The lowest BCUT2D eigenvalue weighted by atomic mass is 9.81. The van der Waals surface area contributed by atoms with E-state index in [0.717, 1.165) is 36.8 Å². The zero-order valence-corrected chi connectivity index (χ0v) is 24.7. The molecule has 0 heterocycles. The number of sulfonamides is 1. The second kappa shape index (κ2) is 13.2. The third-order valence-electron chi connectivity index (χ3n) is 7.05. The molecule has 38 heavy (non-hydrogen) atoms. The third kappa shape index (κ3) is 8.67. The molecule has 1 atom stereocenters. The first-order valence-corrected chi connectivity index (χ1v) is 15.2. The fraction of sp³-hybridized carbons (Fsp3) is 0.500. The number of nitrogens with one attached hydrogen (secondary N) is 1. The number of esters is 1. The van der Waals surface area contributed by atoms with Crippen molar-refractivity contribution < 1.29 is 17.9 Å². The van der Waals surface area contributed by atoms with Gasteiger partial charge in [-0.3, -0.25) is 4.79 Å². The molecule has 208 valence electrons. The fourth-order valence-electron chi connectivity index (χ4n) is 4.91. The predicted octanol–water partition coefficient (Wildman–Crippen LogP) is 5.99. The number of nitrogens with zero attached hydrogens (tertiary/aromatic N) is 1. The maximum Gasteiger partial charge on any atom is 0.315 e. The van der Waals surface area contributed by atoms with Gasteiger partial charge in [-0.25, -0.2) is 12.7 Å². The van der Waals surface area contributed by atoms with Gasteiger partial charge in [-0.1, -0.05) is 60.2 Å². The molecule has 0 radical (unpaired) electrons. The number of carbonyl (C=O) groups is 1. The minimum absolute atomic E-state index is 0.00614. The highest BCUT2D eigenvalue weighted by Gasteiger charge is 2.31. The maximum absolute atomic E-state index is 12.9. The number of hydrogen-bond acceptors (Lipinski definition) is 5. The molecule has 0 bridgehead atoms. The molecule has 0 aromatic heterocycles. The Morgan fingerprint density at radius 1 is 1.08 bits per heavy atom. The molecule has 1 fully saturated rings. The van der Waals surface area contributed by atoms with Crippen LogP contribution >= 0.6 is 11.6 Å². The molecule has 1 unspecified atom stereocenters. The van der Waals surface area contributed by atoms with E-state index in [-0.39, 0.29) is 23.7 Å². The second-order valence-electron chi connectivity index (χ2n) is 11.1. The van der Waals surface area contributed by atoms with Gasteiger partial charge in [0.25, 0.3) is 0 Å². The molecule has 3 rings (SSSR count). The van der Waals surface area contributed by atoms with Crippen LogP contribution in [0.5, 0.6) is 0 Å². The molecule has 0 aliphatic heterocycles. The number of ether oxygens (including phenoxy) is 1. The van der Waals surface area contributed by atoms with E-state index in [0.29, 0.717) is 17.5 Å². The number of carbonyl (C=O) groups excluding carboxylic acids is 1. The van der Waals surface area contributed by atoms with E-state index in [1.54, 1.807) is 29.6 Å². The molecule has 1 N–H and O–H groups in total. The zero-order valence-electron chi connectivity index (χ0n) is 23.1. The summed E-state index contributed by atoms with van der Waals surface area (Å²) in [4.78, 5) is 12.7. The van der Waals surface area contributed by atoms with E-state index in [1.165, 1.54) is 5.56 Å². The van der Waals surface area contributed by atoms with Gasteiger partial charge < -0.3 is 10.1 Å². The van der Waals surface area contributed by atoms with Gasteiger partial charge in [0.05, 0.1) is 11.7 Å². The van der Waals surface area contributed by atoms with Crippen LogP contribution in [0.25, 0.3) is 6.08 Å². The molecule has 0 spiro atoms. The standard InChI is InChI=1S/C30H41ClN2O4S/c1-30(2,3)37-29(34)28(21-32-4)25-12-10-23(11-13-25)24-14-18-27(19-15-24)33(5)38(35,36)20-6-7-22-8-16-26(31)17-9-22/h6-13,16-17,24,27-28,32H,14-15,18-21H2,1-5H3/t24-,27-,28?. The van der Waals surface area contributed by atoms with Crippen molar-refractivity contribution in [3.63, 3.8) is 0 Å². The Morgan fingerprint density at radius 2 is 1.68 bits per heavy atom. The average molecular weight is 561 g/mol. The first kappa shape index (κ1) is 30.4. The van der Waals surface area contributed by atoms with Crippen LogP contribution in [0.1, 0.15) is 75.0 Å². The van der Waals surface area contributed by atoms with Crippen molar-refractivity contribution in [2.45, 2.75) is 69.9 Å². The Labute approximate surface area is 233 Å². The summed E-state index contributed by atoms with van der Waals surface area (Å²) in [5.74, 6) is -0.242. The van der Waals surface area contributed by atoms with E-state index < -0.39 is 15.6 Å². The Hall–Kier alpha value is -2.19. The number of benzene rings is 2. The van der Waals surface area contributed by atoms with Crippen molar-refractivity contribution in [2.75, 3.05) is 26.4 Å². The molecule has 1 aliphatic rings. The van der Waals surface area contributed by atoms with E-state index >= 15 is 0 Å². The number of likely N-dealkylation sites (N-methyl/N-ethyl adjacent to an activating group) is 1. The maximum atomic E-state index is 12.9. The summed E-state index contributed by atoms with van der Waals surface area (Å²) in [6, 6.07) is 15.6. The molecule has 0 saturated heterocycles. The minimum atomic E-state index is -3.39. The van der Waals surface area contributed by atoms with Gasteiger partial charge in [-0.05, 0) is 88.2 Å². The highest BCUT2D eigenvalue weighted by Crippen LogP contribution is 2.36. The van der Waals surface area contributed by atoms with Crippen molar-refractivity contribution >= 4 is 33.7 Å². The first-order valence-electron chi connectivity index (χ1n) is 13.2. The third-order valence-corrected chi connectivity index (χ3v) is 9.09. The highest BCUT2D eigenvalue weighted by atomic mass is 35.5. The van der Waals surface area contributed by atoms with Crippen LogP contribution < -0.4 is 5.32 Å².